The van der Waals surface area contributed by atoms with Crippen molar-refractivity contribution in [2.45, 2.75) is 25.3 Å². The van der Waals surface area contributed by atoms with Gasteiger partial charge in [-0.3, -0.25) is 0 Å². The van der Waals surface area contributed by atoms with Crippen molar-refractivity contribution in [1.82, 2.24) is 15.3 Å². The third-order valence-corrected chi connectivity index (χ3v) is 2.43. The van der Waals surface area contributed by atoms with E-state index < -0.39 is 0 Å². The molecule has 2 rings (SSSR count). The van der Waals surface area contributed by atoms with Gasteiger partial charge in [0.1, 0.15) is 6.33 Å². The van der Waals surface area contributed by atoms with E-state index in [9.17, 15) is 0 Å². The van der Waals surface area contributed by atoms with Crippen LogP contribution in [-0.4, -0.2) is 29.2 Å². The van der Waals surface area contributed by atoms with Gasteiger partial charge in [-0.1, -0.05) is 0 Å². The second-order valence-corrected chi connectivity index (χ2v) is 3.50. The van der Waals surface area contributed by atoms with Crippen molar-refractivity contribution in [3.8, 4) is 5.75 Å². The molecule has 0 aliphatic carbocycles. The maximum absolute atomic E-state index is 5.50. The monoisotopic (exact) mass is 193 g/mol. The molecule has 1 saturated heterocycles. The van der Waals surface area contributed by atoms with E-state index in [1.807, 2.05) is 0 Å². The summed E-state index contributed by atoms with van der Waals surface area (Å²) in [5.41, 5.74) is 0. The molecule has 2 heterocycles. The molecule has 14 heavy (non-hydrogen) atoms. The van der Waals surface area contributed by atoms with Crippen LogP contribution in [0.25, 0.3) is 0 Å². The van der Waals surface area contributed by atoms with Crippen molar-refractivity contribution in [3.05, 3.63) is 18.7 Å². The lowest BCUT2D eigenvalue weighted by Crippen LogP contribution is -2.23. The normalized spacial score (nSPS) is 21.0. The lowest BCUT2D eigenvalue weighted by Gasteiger charge is -2.10. The van der Waals surface area contributed by atoms with Crippen molar-refractivity contribution in [2.75, 3.05) is 13.2 Å². The molecule has 1 N–H and O–H groups in total. The topological polar surface area (TPSA) is 47.0 Å². The molecular formula is C10H15N3O. The summed E-state index contributed by atoms with van der Waals surface area (Å²) < 4.78 is 5.50. The van der Waals surface area contributed by atoms with Crippen molar-refractivity contribution < 1.29 is 4.74 Å². The number of nitrogens with zero attached hydrogens (tertiary/aromatic N) is 2. The fourth-order valence-corrected chi connectivity index (χ4v) is 1.68. The van der Waals surface area contributed by atoms with E-state index >= 15 is 0 Å². The van der Waals surface area contributed by atoms with Gasteiger partial charge in [-0.25, -0.2) is 9.97 Å². The SMILES string of the molecule is c1ncc(OCC[C@@H]2CCCN2)cn1. The molecule has 76 valence electrons. The van der Waals surface area contributed by atoms with Crippen LogP contribution in [0.4, 0.5) is 0 Å². The Kier molecular flexibility index (Phi) is 3.29. The van der Waals surface area contributed by atoms with Crippen LogP contribution in [0, 0.1) is 0 Å². The quantitative estimate of drug-likeness (QED) is 0.775. The van der Waals surface area contributed by atoms with Crippen LogP contribution >= 0.6 is 0 Å². The Morgan fingerprint density at radius 1 is 1.43 bits per heavy atom. The lowest BCUT2D eigenvalue weighted by atomic mass is 10.2. The first kappa shape index (κ1) is 9.40. The molecule has 1 aromatic heterocycles. The minimum atomic E-state index is 0.639. The molecular weight excluding hydrogens is 178 g/mol. The largest absolute Gasteiger partial charge is 0.490 e. The first-order chi connectivity index (χ1) is 6.95. The van der Waals surface area contributed by atoms with Crippen LogP contribution < -0.4 is 10.1 Å². The molecule has 0 spiro atoms. The number of hydrogen-bond donors (Lipinski definition) is 1. The summed E-state index contributed by atoms with van der Waals surface area (Å²) in [5.74, 6) is 0.755. The molecule has 1 fully saturated rings. The number of aromatic nitrogens is 2. The van der Waals surface area contributed by atoms with Gasteiger partial charge in [-0.2, -0.15) is 0 Å². The smallest absolute Gasteiger partial charge is 0.155 e. The summed E-state index contributed by atoms with van der Waals surface area (Å²) >= 11 is 0. The molecule has 1 aromatic rings. The molecule has 0 saturated carbocycles. The van der Waals surface area contributed by atoms with Gasteiger partial charge in [0, 0.05) is 6.04 Å². The predicted molar refractivity (Wildman–Crippen MR) is 53.2 cm³/mol. The first-order valence-corrected chi connectivity index (χ1v) is 5.06. The van der Waals surface area contributed by atoms with Gasteiger partial charge in [0.05, 0.1) is 19.0 Å². The number of rotatable bonds is 4. The second kappa shape index (κ2) is 4.91. The molecule has 0 radical (unpaired) electrons. The van der Waals surface area contributed by atoms with Crippen molar-refractivity contribution in [2.24, 2.45) is 0 Å². The molecule has 1 aliphatic heterocycles. The van der Waals surface area contributed by atoms with Crippen molar-refractivity contribution in [1.29, 1.82) is 0 Å². The van der Waals surface area contributed by atoms with Crippen LogP contribution in [0.1, 0.15) is 19.3 Å². The van der Waals surface area contributed by atoms with E-state index in [2.05, 4.69) is 15.3 Å². The van der Waals surface area contributed by atoms with Gasteiger partial charge >= 0.3 is 0 Å². The van der Waals surface area contributed by atoms with Gasteiger partial charge in [0.15, 0.2) is 5.75 Å². The average Bonchev–Trinajstić information content (AvgIpc) is 2.72. The zero-order chi connectivity index (χ0) is 9.64. The van der Waals surface area contributed by atoms with Gasteiger partial charge in [0.25, 0.3) is 0 Å². The lowest BCUT2D eigenvalue weighted by molar-refractivity contribution is 0.290. The van der Waals surface area contributed by atoms with Gasteiger partial charge < -0.3 is 10.1 Å². The first-order valence-electron chi connectivity index (χ1n) is 5.06. The summed E-state index contributed by atoms with van der Waals surface area (Å²) in [6, 6.07) is 0.639. The molecule has 0 aromatic carbocycles. The van der Waals surface area contributed by atoms with Crippen LogP contribution in [0.15, 0.2) is 18.7 Å². The van der Waals surface area contributed by atoms with E-state index in [4.69, 9.17) is 4.74 Å². The van der Waals surface area contributed by atoms with E-state index in [0.29, 0.717) is 6.04 Å². The molecule has 1 aliphatic rings. The molecule has 4 nitrogen and oxygen atoms in total. The maximum atomic E-state index is 5.50. The van der Waals surface area contributed by atoms with Gasteiger partial charge in [0.2, 0.25) is 0 Å². The fourth-order valence-electron chi connectivity index (χ4n) is 1.68. The summed E-state index contributed by atoms with van der Waals surface area (Å²) in [4.78, 5) is 7.77. The Balaban J connectivity index is 1.67. The van der Waals surface area contributed by atoms with Gasteiger partial charge in [-0.05, 0) is 25.8 Å². The summed E-state index contributed by atoms with van der Waals surface area (Å²) in [6.45, 7) is 1.89. The van der Waals surface area contributed by atoms with E-state index in [1.54, 1.807) is 12.4 Å². The van der Waals surface area contributed by atoms with E-state index in [1.165, 1.54) is 19.2 Å². The van der Waals surface area contributed by atoms with E-state index in [0.717, 1.165) is 25.3 Å². The molecule has 0 bridgehead atoms. The Morgan fingerprint density at radius 2 is 2.29 bits per heavy atom. The third-order valence-electron chi connectivity index (χ3n) is 2.43. The molecule has 4 heteroatoms. The van der Waals surface area contributed by atoms with Gasteiger partial charge in [-0.15, -0.1) is 0 Å². The van der Waals surface area contributed by atoms with Crippen molar-refractivity contribution >= 4 is 0 Å². The van der Waals surface area contributed by atoms with E-state index in [-0.39, 0.29) is 0 Å². The van der Waals surface area contributed by atoms with Crippen molar-refractivity contribution in [3.63, 3.8) is 0 Å². The third kappa shape index (κ3) is 2.67. The Morgan fingerprint density at radius 3 is 3.00 bits per heavy atom. The van der Waals surface area contributed by atoms with Crippen LogP contribution in [0.5, 0.6) is 5.75 Å². The number of nitrogens with one attached hydrogen (secondary N) is 1. The Hall–Kier alpha value is -1.16. The summed E-state index contributed by atoms with van der Waals surface area (Å²) in [7, 11) is 0. The van der Waals surface area contributed by atoms with Crippen LogP contribution in [0.3, 0.4) is 0 Å². The minimum absolute atomic E-state index is 0.639. The van der Waals surface area contributed by atoms with Crippen LogP contribution in [-0.2, 0) is 0 Å². The summed E-state index contributed by atoms with van der Waals surface area (Å²) in [5, 5.41) is 3.43. The molecule has 1 atom stereocenters. The second-order valence-electron chi connectivity index (χ2n) is 3.50. The highest BCUT2D eigenvalue weighted by Crippen LogP contribution is 2.10. The van der Waals surface area contributed by atoms with Crippen LogP contribution in [0.2, 0.25) is 0 Å². The average molecular weight is 193 g/mol. The highest BCUT2D eigenvalue weighted by molar-refractivity contribution is 5.09. The molecule has 0 amide bonds. The number of ether oxygens (including phenoxy) is 1. The minimum Gasteiger partial charge on any atom is -0.490 e. The summed E-state index contributed by atoms with van der Waals surface area (Å²) in [6.07, 6.45) is 8.51. The highest BCUT2D eigenvalue weighted by Gasteiger charge is 2.13. The Labute approximate surface area is 83.7 Å². The zero-order valence-electron chi connectivity index (χ0n) is 8.15. The predicted octanol–water partition coefficient (Wildman–Crippen LogP) is 0.997. The number of hydrogen-bond acceptors (Lipinski definition) is 4. The zero-order valence-corrected chi connectivity index (χ0v) is 8.15. The molecule has 0 unspecified atom stereocenters. The highest BCUT2D eigenvalue weighted by atomic mass is 16.5. The fraction of sp³-hybridized carbons (Fsp3) is 0.600. The standard InChI is InChI=1S/C10H15N3O/c1-2-9(13-4-1)3-5-14-10-6-11-8-12-7-10/h6-9,13H,1-5H2/t9-/m0/s1. The Bertz CT molecular complexity index is 259. The maximum Gasteiger partial charge on any atom is 0.155 e.